The molecule has 0 radical (unpaired) electrons. The first-order valence-corrected chi connectivity index (χ1v) is 13.0. The van der Waals surface area contributed by atoms with Gasteiger partial charge in [0.05, 0.1) is 12.7 Å². The summed E-state index contributed by atoms with van der Waals surface area (Å²) in [4.78, 5) is 12.3. The van der Waals surface area contributed by atoms with Crippen LogP contribution < -0.4 is 0 Å². The van der Waals surface area contributed by atoms with Gasteiger partial charge in [-0.15, -0.1) is 0 Å². The fourth-order valence-electron chi connectivity index (χ4n) is 8.23. The molecule has 34 heavy (non-hydrogen) atoms. The van der Waals surface area contributed by atoms with Crippen molar-refractivity contribution in [3.8, 4) is 0 Å². The number of ketones is 1. The molecule has 7 heteroatoms. The first-order chi connectivity index (χ1) is 16.1. The number of aliphatic hydroxyl groups excluding tert-OH is 4. The number of allylic oxidation sites excluding steroid dienone is 3. The number of hydrogen-bond acceptors (Lipinski definition) is 7. The van der Waals surface area contributed by atoms with Crippen LogP contribution in [0.15, 0.2) is 23.3 Å². The molecule has 0 unspecified atom stereocenters. The molecule has 7 nitrogen and oxygen atoms in total. The molecular formula is C27H40O7. The van der Waals surface area contributed by atoms with Crippen LogP contribution in [0.3, 0.4) is 0 Å². The minimum absolute atomic E-state index is 0.0120. The molecule has 0 aromatic rings. The molecule has 190 valence electrons. The van der Waals surface area contributed by atoms with E-state index >= 15 is 0 Å². The summed E-state index contributed by atoms with van der Waals surface area (Å²) in [5.41, 5.74) is 2.58. The van der Waals surface area contributed by atoms with Gasteiger partial charge in [0, 0.05) is 0 Å². The maximum atomic E-state index is 12.3. The van der Waals surface area contributed by atoms with E-state index in [0.29, 0.717) is 17.8 Å². The summed E-state index contributed by atoms with van der Waals surface area (Å²) >= 11 is 0. The molecule has 2 saturated carbocycles. The normalized spacial score (nSPS) is 50.5. The Balaban J connectivity index is 1.30. The van der Waals surface area contributed by atoms with E-state index in [1.54, 1.807) is 6.92 Å². The Morgan fingerprint density at radius 2 is 1.76 bits per heavy atom. The van der Waals surface area contributed by atoms with Crippen LogP contribution in [0.25, 0.3) is 0 Å². The third-order valence-electron chi connectivity index (χ3n) is 10.2. The summed E-state index contributed by atoms with van der Waals surface area (Å²) in [6.07, 6.45) is 5.08. The summed E-state index contributed by atoms with van der Waals surface area (Å²) < 4.78 is 11.7. The molecule has 0 amide bonds. The zero-order chi connectivity index (χ0) is 24.4. The van der Waals surface area contributed by atoms with Gasteiger partial charge >= 0.3 is 0 Å². The molecular weight excluding hydrogens is 436 g/mol. The highest BCUT2D eigenvalue weighted by Crippen LogP contribution is 2.65. The van der Waals surface area contributed by atoms with Crippen LogP contribution in [0.2, 0.25) is 0 Å². The molecule has 0 aromatic carbocycles. The highest BCUT2D eigenvalue weighted by Gasteiger charge is 2.57. The first kappa shape index (κ1) is 24.6. The van der Waals surface area contributed by atoms with Gasteiger partial charge in [-0.3, -0.25) is 4.79 Å². The van der Waals surface area contributed by atoms with Gasteiger partial charge in [-0.05, 0) is 86.0 Å². The summed E-state index contributed by atoms with van der Waals surface area (Å²) in [6, 6.07) is 0. The van der Waals surface area contributed by atoms with Crippen LogP contribution in [-0.4, -0.2) is 69.6 Å². The zero-order valence-electron chi connectivity index (χ0n) is 20.5. The third kappa shape index (κ3) is 3.66. The molecule has 0 bridgehead atoms. The van der Waals surface area contributed by atoms with Crippen molar-refractivity contribution in [1.29, 1.82) is 0 Å². The molecule has 0 aromatic heterocycles. The Morgan fingerprint density at radius 1 is 1.03 bits per heavy atom. The summed E-state index contributed by atoms with van der Waals surface area (Å²) in [6.45, 7) is 5.96. The fourth-order valence-corrected chi connectivity index (χ4v) is 8.23. The number of carbonyl (C=O) groups excluding carboxylic acids is 1. The molecule has 1 saturated heterocycles. The first-order valence-electron chi connectivity index (χ1n) is 13.0. The van der Waals surface area contributed by atoms with Gasteiger partial charge in [-0.2, -0.15) is 0 Å². The quantitative estimate of drug-likeness (QED) is 0.460. The van der Waals surface area contributed by atoms with Crippen LogP contribution in [0.1, 0.15) is 65.7 Å². The van der Waals surface area contributed by atoms with Gasteiger partial charge in [0.25, 0.3) is 0 Å². The second-order valence-electron chi connectivity index (χ2n) is 11.8. The standard InChI is InChI=1S/C27H40O7/c1-14(29)18-6-7-19-17-5-4-15-12-16(8-10-26(15,2)20(17)9-11-27(18,19)3)33-25-24(32)23(31)22(30)21(13-28)34-25/h4,6,16-17,19-25,28,30-32H,5,7-13H2,1-3H3/t16-,17-,19-,20-,21+,22+,23-,24+,25+,26-,27+/m0/s1. The van der Waals surface area contributed by atoms with Gasteiger partial charge in [0.2, 0.25) is 0 Å². The van der Waals surface area contributed by atoms with Crippen molar-refractivity contribution in [3.05, 3.63) is 23.3 Å². The predicted molar refractivity (Wildman–Crippen MR) is 124 cm³/mol. The van der Waals surface area contributed by atoms with Crippen LogP contribution in [0.4, 0.5) is 0 Å². The summed E-state index contributed by atoms with van der Waals surface area (Å²) in [7, 11) is 0. The highest BCUT2D eigenvalue weighted by atomic mass is 16.7. The van der Waals surface area contributed by atoms with E-state index in [1.165, 1.54) is 5.57 Å². The van der Waals surface area contributed by atoms with Crippen molar-refractivity contribution in [1.82, 2.24) is 0 Å². The van der Waals surface area contributed by atoms with Crippen molar-refractivity contribution in [2.24, 2.45) is 28.6 Å². The van der Waals surface area contributed by atoms with Crippen molar-refractivity contribution >= 4 is 5.78 Å². The van der Waals surface area contributed by atoms with Crippen LogP contribution in [-0.2, 0) is 14.3 Å². The second kappa shape index (κ2) is 8.79. The van der Waals surface area contributed by atoms with Crippen molar-refractivity contribution in [2.45, 2.75) is 103 Å². The number of carbonyl (C=O) groups is 1. The van der Waals surface area contributed by atoms with E-state index < -0.39 is 37.3 Å². The summed E-state index contributed by atoms with van der Waals surface area (Å²) in [5, 5.41) is 40.0. The van der Waals surface area contributed by atoms with Crippen molar-refractivity contribution in [2.75, 3.05) is 6.61 Å². The number of ether oxygens (including phenoxy) is 2. The minimum Gasteiger partial charge on any atom is -0.394 e. The Labute approximate surface area is 201 Å². The molecule has 1 aliphatic heterocycles. The lowest BCUT2D eigenvalue weighted by molar-refractivity contribution is -0.313. The largest absolute Gasteiger partial charge is 0.394 e. The van der Waals surface area contributed by atoms with E-state index in [0.717, 1.165) is 50.5 Å². The molecule has 5 aliphatic rings. The number of fused-ring (bicyclic) bond motifs is 5. The number of Topliss-reactive ketones (excluding diaryl/α,β-unsaturated/α-hetero) is 1. The highest BCUT2D eigenvalue weighted by molar-refractivity contribution is 5.95. The third-order valence-corrected chi connectivity index (χ3v) is 10.2. The van der Waals surface area contributed by atoms with E-state index in [2.05, 4.69) is 26.0 Å². The lowest BCUT2D eigenvalue weighted by atomic mass is 9.47. The van der Waals surface area contributed by atoms with Gasteiger partial charge in [-0.25, -0.2) is 0 Å². The van der Waals surface area contributed by atoms with Gasteiger partial charge in [0.15, 0.2) is 12.1 Å². The Bertz CT molecular complexity index is 880. The van der Waals surface area contributed by atoms with Crippen LogP contribution >= 0.6 is 0 Å². The van der Waals surface area contributed by atoms with Gasteiger partial charge in [-0.1, -0.05) is 31.6 Å². The fraction of sp³-hybridized carbons (Fsp3) is 0.815. The lowest BCUT2D eigenvalue weighted by Crippen LogP contribution is -2.60. The SMILES string of the molecule is CC(=O)C1=CC[C@H]2[C@@H]3CC=C4C[C@@H](O[C@@H]5O[C@H](CO)[C@@H](O)[C@H](O)[C@H]5O)CC[C@]4(C)[C@H]3CC[C@]12C. The molecule has 11 atom stereocenters. The molecule has 4 N–H and O–H groups in total. The van der Waals surface area contributed by atoms with Gasteiger partial charge < -0.3 is 29.9 Å². The maximum Gasteiger partial charge on any atom is 0.186 e. The topological polar surface area (TPSA) is 116 Å². The smallest absolute Gasteiger partial charge is 0.186 e. The second-order valence-corrected chi connectivity index (χ2v) is 11.8. The molecule has 3 fully saturated rings. The van der Waals surface area contributed by atoms with Crippen molar-refractivity contribution in [3.63, 3.8) is 0 Å². The summed E-state index contributed by atoms with van der Waals surface area (Å²) in [5.74, 6) is 1.94. The van der Waals surface area contributed by atoms with E-state index in [9.17, 15) is 25.2 Å². The Hall–Kier alpha value is -1.09. The monoisotopic (exact) mass is 476 g/mol. The molecule has 5 rings (SSSR count). The molecule has 4 aliphatic carbocycles. The van der Waals surface area contributed by atoms with Crippen molar-refractivity contribution < 1.29 is 34.7 Å². The average molecular weight is 477 g/mol. The Morgan fingerprint density at radius 3 is 2.47 bits per heavy atom. The lowest BCUT2D eigenvalue weighted by Gasteiger charge is -2.58. The minimum atomic E-state index is -1.42. The number of rotatable bonds is 4. The van der Waals surface area contributed by atoms with Crippen LogP contribution in [0, 0.1) is 28.6 Å². The number of hydrogen-bond donors (Lipinski definition) is 4. The van der Waals surface area contributed by atoms with Crippen LogP contribution in [0.5, 0.6) is 0 Å². The Kier molecular flexibility index (Phi) is 6.36. The van der Waals surface area contributed by atoms with E-state index in [4.69, 9.17) is 9.47 Å². The molecule has 1 heterocycles. The van der Waals surface area contributed by atoms with Gasteiger partial charge in [0.1, 0.15) is 24.4 Å². The maximum absolute atomic E-state index is 12.3. The molecule has 0 spiro atoms. The average Bonchev–Trinajstić information content (AvgIpc) is 3.17. The predicted octanol–water partition coefficient (Wildman–Crippen LogP) is 2.26. The van der Waals surface area contributed by atoms with E-state index in [-0.39, 0.29) is 22.7 Å². The van der Waals surface area contributed by atoms with E-state index in [1.807, 2.05) is 0 Å². The zero-order valence-corrected chi connectivity index (χ0v) is 20.5. The number of aliphatic hydroxyl groups is 4.